The molecule has 2 heterocycles. The number of aromatic nitrogens is 2. The Kier molecular flexibility index (Phi) is 2.88. The molecule has 1 aromatic heterocycles. The van der Waals surface area contributed by atoms with E-state index in [1.54, 1.807) is 6.92 Å². The van der Waals surface area contributed by atoms with Crippen molar-refractivity contribution in [2.45, 2.75) is 6.92 Å². The van der Waals surface area contributed by atoms with Gasteiger partial charge in [0.05, 0.1) is 5.69 Å². The van der Waals surface area contributed by atoms with Crippen molar-refractivity contribution in [1.82, 2.24) is 15.3 Å². The predicted octanol–water partition coefficient (Wildman–Crippen LogP) is -0.351. The van der Waals surface area contributed by atoms with Crippen molar-refractivity contribution in [2.24, 2.45) is 0 Å². The zero-order chi connectivity index (χ0) is 11.5. The lowest BCUT2D eigenvalue weighted by Crippen LogP contribution is -2.44. The number of piperazine rings is 1. The van der Waals surface area contributed by atoms with E-state index in [1.807, 2.05) is 6.07 Å². The van der Waals surface area contributed by atoms with E-state index < -0.39 is 0 Å². The molecule has 84 valence electrons. The number of anilines is 2. The van der Waals surface area contributed by atoms with Crippen molar-refractivity contribution in [1.29, 1.82) is 5.26 Å². The molecular weight excluding hydrogens is 204 g/mol. The fourth-order valence-corrected chi connectivity index (χ4v) is 1.72. The number of hydrogen-bond donors (Lipinski definition) is 2. The van der Waals surface area contributed by atoms with Crippen LogP contribution in [-0.2, 0) is 0 Å². The Labute approximate surface area is 94.1 Å². The second kappa shape index (κ2) is 4.33. The van der Waals surface area contributed by atoms with Gasteiger partial charge in [-0.3, -0.25) is 0 Å². The number of aryl methyl sites for hydroxylation is 1. The first kappa shape index (κ1) is 10.6. The summed E-state index contributed by atoms with van der Waals surface area (Å²) in [6.07, 6.45) is 0. The minimum absolute atomic E-state index is 0.267. The average Bonchev–Trinajstić information content (AvgIpc) is 2.30. The van der Waals surface area contributed by atoms with Crippen molar-refractivity contribution >= 4 is 11.8 Å². The molecule has 0 bridgehead atoms. The van der Waals surface area contributed by atoms with Crippen LogP contribution >= 0.6 is 0 Å². The van der Waals surface area contributed by atoms with Gasteiger partial charge in [-0.1, -0.05) is 0 Å². The van der Waals surface area contributed by atoms with Crippen molar-refractivity contribution in [3.05, 3.63) is 11.3 Å². The molecular formula is C10H14N6. The van der Waals surface area contributed by atoms with Gasteiger partial charge in [0.1, 0.15) is 17.5 Å². The van der Waals surface area contributed by atoms with E-state index in [2.05, 4.69) is 20.2 Å². The molecule has 0 amide bonds. The SMILES string of the molecule is Cc1nc(N2CCNCC2)nc(N)c1C#N. The molecule has 6 nitrogen and oxygen atoms in total. The van der Waals surface area contributed by atoms with Crippen molar-refractivity contribution in [3.8, 4) is 6.07 Å². The molecule has 0 aliphatic carbocycles. The smallest absolute Gasteiger partial charge is 0.227 e. The normalized spacial score (nSPS) is 15.9. The summed E-state index contributed by atoms with van der Waals surface area (Å²) >= 11 is 0. The summed E-state index contributed by atoms with van der Waals surface area (Å²) in [5.74, 6) is 0.888. The van der Waals surface area contributed by atoms with E-state index in [9.17, 15) is 0 Å². The van der Waals surface area contributed by atoms with Crippen molar-refractivity contribution in [2.75, 3.05) is 36.8 Å². The standard InChI is InChI=1S/C10H14N6/c1-7-8(6-11)9(12)15-10(14-7)16-4-2-13-3-5-16/h13H,2-5H2,1H3,(H2,12,14,15). The summed E-state index contributed by atoms with van der Waals surface area (Å²) in [4.78, 5) is 10.6. The monoisotopic (exact) mass is 218 g/mol. The molecule has 6 heteroatoms. The van der Waals surface area contributed by atoms with E-state index in [0.717, 1.165) is 26.2 Å². The molecule has 1 aliphatic rings. The number of nitrogens with zero attached hydrogens (tertiary/aromatic N) is 4. The van der Waals surface area contributed by atoms with Crippen LogP contribution < -0.4 is 16.0 Å². The van der Waals surface area contributed by atoms with Gasteiger partial charge in [0, 0.05) is 26.2 Å². The first-order chi connectivity index (χ1) is 7.72. The second-order valence-corrected chi connectivity index (χ2v) is 3.72. The Balaban J connectivity index is 2.32. The molecule has 0 aromatic carbocycles. The number of rotatable bonds is 1. The lowest BCUT2D eigenvalue weighted by molar-refractivity contribution is 0.579. The van der Waals surface area contributed by atoms with Gasteiger partial charge in [-0.15, -0.1) is 0 Å². The maximum absolute atomic E-state index is 8.87. The Morgan fingerprint density at radius 1 is 1.38 bits per heavy atom. The van der Waals surface area contributed by atoms with Gasteiger partial charge in [0.2, 0.25) is 5.95 Å². The molecule has 0 spiro atoms. The van der Waals surface area contributed by atoms with Crippen LogP contribution in [0.5, 0.6) is 0 Å². The number of hydrogen-bond acceptors (Lipinski definition) is 6. The lowest BCUT2D eigenvalue weighted by atomic mass is 10.2. The third-order valence-electron chi connectivity index (χ3n) is 2.62. The number of nitrogens with two attached hydrogens (primary N) is 1. The van der Waals surface area contributed by atoms with E-state index in [4.69, 9.17) is 11.0 Å². The first-order valence-electron chi connectivity index (χ1n) is 5.22. The van der Waals surface area contributed by atoms with Crippen LogP contribution in [-0.4, -0.2) is 36.1 Å². The summed E-state index contributed by atoms with van der Waals surface area (Å²) in [5, 5.41) is 12.1. The van der Waals surface area contributed by atoms with E-state index >= 15 is 0 Å². The largest absolute Gasteiger partial charge is 0.382 e. The van der Waals surface area contributed by atoms with Gasteiger partial charge >= 0.3 is 0 Å². The third kappa shape index (κ3) is 1.90. The molecule has 1 aliphatic heterocycles. The Bertz CT molecular complexity index is 406. The highest BCUT2D eigenvalue weighted by Gasteiger charge is 2.16. The van der Waals surface area contributed by atoms with Crippen LogP contribution in [0.2, 0.25) is 0 Å². The minimum Gasteiger partial charge on any atom is -0.382 e. The number of nitrogens with one attached hydrogen (secondary N) is 1. The highest BCUT2D eigenvalue weighted by molar-refractivity contribution is 5.54. The van der Waals surface area contributed by atoms with Crippen LogP contribution in [0, 0.1) is 18.3 Å². The maximum Gasteiger partial charge on any atom is 0.227 e. The molecule has 2 rings (SSSR count). The highest BCUT2D eigenvalue weighted by Crippen LogP contribution is 2.16. The highest BCUT2D eigenvalue weighted by atomic mass is 15.3. The molecule has 3 N–H and O–H groups in total. The van der Waals surface area contributed by atoms with Crippen LogP contribution in [0.1, 0.15) is 11.3 Å². The summed E-state index contributed by atoms with van der Waals surface area (Å²) in [7, 11) is 0. The first-order valence-corrected chi connectivity index (χ1v) is 5.22. The fourth-order valence-electron chi connectivity index (χ4n) is 1.72. The zero-order valence-electron chi connectivity index (χ0n) is 9.19. The second-order valence-electron chi connectivity index (χ2n) is 3.72. The third-order valence-corrected chi connectivity index (χ3v) is 2.62. The van der Waals surface area contributed by atoms with Crippen molar-refractivity contribution in [3.63, 3.8) is 0 Å². The van der Waals surface area contributed by atoms with E-state index in [1.165, 1.54) is 0 Å². The van der Waals surface area contributed by atoms with Crippen LogP contribution in [0.15, 0.2) is 0 Å². The lowest BCUT2D eigenvalue weighted by Gasteiger charge is -2.27. The van der Waals surface area contributed by atoms with Gasteiger partial charge in [-0.2, -0.15) is 10.2 Å². The van der Waals surface area contributed by atoms with Gasteiger partial charge in [0.25, 0.3) is 0 Å². The molecule has 1 aromatic rings. The molecule has 1 fully saturated rings. The maximum atomic E-state index is 8.87. The van der Waals surface area contributed by atoms with Crippen LogP contribution in [0.3, 0.4) is 0 Å². The van der Waals surface area contributed by atoms with E-state index in [-0.39, 0.29) is 5.82 Å². The predicted molar refractivity (Wildman–Crippen MR) is 61.0 cm³/mol. The zero-order valence-corrected chi connectivity index (χ0v) is 9.19. The average molecular weight is 218 g/mol. The molecule has 16 heavy (non-hydrogen) atoms. The summed E-state index contributed by atoms with van der Waals surface area (Å²) < 4.78 is 0. The Hall–Kier alpha value is -1.87. The Morgan fingerprint density at radius 2 is 2.06 bits per heavy atom. The minimum atomic E-state index is 0.267. The van der Waals surface area contributed by atoms with Gasteiger partial charge in [-0.25, -0.2) is 4.98 Å². The summed E-state index contributed by atoms with van der Waals surface area (Å²) in [6, 6.07) is 2.01. The molecule has 0 atom stereocenters. The van der Waals surface area contributed by atoms with Gasteiger partial charge < -0.3 is 16.0 Å². The summed E-state index contributed by atoms with van der Waals surface area (Å²) in [6.45, 7) is 5.35. The molecule has 1 saturated heterocycles. The quantitative estimate of drug-likeness (QED) is 0.669. The Morgan fingerprint density at radius 3 is 2.62 bits per heavy atom. The molecule has 0 unspecified atom stereocenters. The fraction of sp³-hybridized carbons (Fsp3) is 0.500. The van der Waals surface area contributed by atoms with Crippen LogP contribution in [0.4, 0.5) is 11.8 Å². The summed E-state index contributed by atoms with van der Waals surface area (Å²) in [5.41, 5.74) is 6.74. The topological polar surface area (TPSA) is 90.9 Å². The van der Waals surface area contributed by atoms with Crippen molar-refractivity contribution < 1.29 is 0 Å². The van der Waals surface area contributed by atoms with Gasteiger partial charge in [0.15, 0.2) is 0 Å². The van der Waals surface area contributed by atoms with Crippen LogP contribution in [0.25, 0.3) is 0 Å². The molecule has 0 radical (unpaired) electrons. The number of nitrogen functional groups attached to an aromatic ring is 1. The van der Waals surface area contributed by atoms with E-state index in [0.29, 0.717) is 17.2 Å². The number of nitriles is 1. The van der Waals surface area contributed by atoms with Gasteiger partial charge in [-0.05, 0) is 6.92 Å². The molecule has 0 saturated carbocycles.